The Morgan fingerprint density at radius 3 is 2.50 bits per heavy atom. The Morgan fingerprint density at radius 2 is 1.72 bits per heavy atom. The van der Waals surface area contributed by atoms with Crippen LogP contribution in [-0.2, 0) is 16.1 Å². The highest BCUT2D eigenvalue weighted by atomic mass is 16.5. The molecule has 0 spiro atoms. The Hall–Kier alpha value is -4.19. The van der Waals surface area contributed by atoms with Gasteiger partial charge >= 0.3 is 5.97 Å². The van der Waals surface area contributed by atoms with E-state index < -0.39 is 5.97 Å². The highest BCUT2D eigenvalue weighted by Gasteiger charge is 2.08. The molecule has 0 aliphatic heterocycles. The van der Waals surface area contributed by atoms with Gasteiger partial charge in [0.2, 0.25) is 5.91 Å². The molecule has 0 saturated carbocycles. The lowest BCUT2D eigenvalue weighted by Gasteiger charge is -2.09. The summed E-state index contributed by atoms with van der Waals surface area (Å²) < 4.78 is 5.01. The van der Waals surface area contributed by atoms with Gasteiger partial charge in [0.05, 0.1) is 0 Å². The second kappa shape index (κ2) is 10.7. The van der Waals surface area contributed by atoms with Gasteiger partial charge < -0.3 is 15.4 Å². The van der Waals surface area contributed by atoms with Crippen LogP contribution in [-0.4, -0.2) is 17.8 Å². The third-order valence-corrected chi connectivity index (χ3v) is 4.47. The topological polar surface area (TPSA) is 84.5 Å². The first-order chi connectivity index (χ1) is 15.4. The van der Waals surface area contributed by atoms with Crippen LogP contribution in [0.4, 0.5) is 5.69 Å². The Kier molecular flexibility index (Phi) is 7.54. The first-order valence-electron chi connectivity index (χ1n) is 10.1. The van der Waals surface area contributed by atoms with E-state index in [1.54, 1.807) is 36.4 Å². The van der Waals surface area contributed by atoms with Gasteiger partial charge in [-0.1, -0.05) is 48.0 Å². The normalized spacial score (nSPS) is 10.6. The maximum atomic E-state index is 12.4. The van der Waals surface area contributed by atoms with Gasteiger partial charge in [-0.3, -0.25) is 14.4 Å². The van der Waals surface area contributed by atoms with E-state index in [1.165, 1.54) is 19.1 Å². The van der Waals surface area contributed by atoms with Crippen molar-refractivity contribution in [2.24, 2.45) is 0 Å². The third-order valence-electron chi connectivity index (χ3n) is 4.47. The molecule has 0 atom stereocenters. The Labute approximate surface area is 186 Å². The molecule has 0 unspecified atom stereocenters. The Bertz CT molecular complexity index is 1170. The number of aryl methyl sites for hydroxylation is 1. The van der Waals surface area contributed by atoms with E-state index in [4.69, 9.17) is 4.74 Å². The molecule has 3 rings (SSSR count). The monoisotopic (exact) mass is 428 g/mol. The van der Waals surface area contributed by atoms with Crippen LogP contribution in [0.3, 0.4) is 0 Å². The fourth-order valence-electron chi connectivity index (χ4n) is 3.04. The summed E-state index contributed by atoms with van der Waals surface area (Å²) in [7, 11) is 0. The maximum Gasteiger partial charge on any atom is 0.308 e. The van der Waals surface area contributed by atoms with Crippen LogP contribution < -0.4 is 15.4 Å². The third kappa shape index (κ3) is 6.95. The average molecular weight is 428 g/mol. The number of carbonyl (C=O) groups excluding carboxylic acids is 3. The summed E-state index contributed by atoms with van der Waals surface area (Å²) in [6.45, 7) is 3.58. The van der Waals surface area contributed by atoms with E-state index in [1.807, 2.05) is 43.3 Å². The molecule has 162 valence electrons. The van der Waals surface area contributed by atoms with Crippen molar-refractivity contribution < 1.29 is 19.1 Å². The van der Waals surface area contributed by atoms with Crippen molar-refractivity contribution in [3.05, 3.63) is 101 Å². The molecule has 2 amide bonds. The smallest absolute Gasteiger partial charge is 0.308 e. The van der Waals surface area contributed by atoms with Crippen LogP contribution in [0, 0.1) is 6.92 Å². The van der Waals surface area contributed by atoms with Crippen molar-refractivity contribution in [3.63, 3.8) is 0 Å². The number of ether oxygens (including phenoxy) is 1. The molecule has 0 aliphatic carbocycles. The molecule has 3 aromatic rings. The SMILES string of the molecule is CC(=O)Oc1cccc(C(=O)NCc2cccc(NC(=O)/C=C/c3cccc(C)c3)c2)c1. The summed E-state index contributed by atoms with van der Waals surface area (Å²) in [6, 6.07) is 21.5. The number of nitrogens with one attached hydrogen (secondary N) is 2. The standard InChI is InChI=1S/C26H24N2O4/c1-18-6-3-7-20(14-18)12-13-25(30)28-23-10-4-8-21(15-23)17-27-26(31)22-9-5-11-24(16-22)32-19(2)29/h3-16H,17H2,1-2H3,(H,27,31)(H,28,30)/b13-12+. The number of hydrogen-bond donors (Lipinski definition) is 2. The Morgan fingerprint density at radius 1 is 0.938 bits per heavy atom. The molecule has 6 heteroatoms. The quantitative estimate of drug-likeness (QED) is 0.330. The Balaban J connectivity index is 1.57. The fraction of sp³-hybridized carbons (Fsp3) is 0.115. The van der Waals surface area contributed by atoms with E-state index in [0.29, 0.717) is 17.0 Å². The zero-order valence-electron chi connectivity index (χ0n) is 17.9. The van der Waals surface area contributed by atoms with Crippen molar-refractivity contribution in [2.75, 3.05) is 5.32 Å². The van der Waals surface area contributed by atoms with E-state index in [-0.39, 0.29) is 18.4 Å². The zero-order chi connectivity index (χ0) is 22.9. The minimum absolute atomic E-state index is 0.241. The summed E-state index contributed by atoms with van der Waals surface area (Å²) in [5.41, 5.74) is 3.92. The summed E-state index contributed by atoms with van der Waals surface area (Å²) in [5.74, 6) is -0.673. The van der Waals surface area contributed by atoms with E-state index in [9.17, 15) is 14.4 Å². The van der Waals surface area contributed by atoms with Gasteiger partial charge in [0.15, 0.2) is 0 Å². The second-order valence-corrected chi connectivity index (χ2v) is 7.24. The molecule has 0 bridgehead atoms. The van der Waals surface area contributed by atoms with Crippen molar-refractivity contribution >= 4 is 29.5 Å². The van der Waals surface area contributed by atoms with Crippen molar-refractivity contribution in [1.29, 1.82) is 0 Å². The lowest BCUT2D eigenvalue weighted by Crippen LogP contribution is -2.23. The molecular formula is C26H24N2O4. The molecule has 0 aromatic heterocycles. The molecule has 0 fully saturated rings. The van der Waals surface area contributed by atoms with Gasteiger partial charge in [0.25, 0.3) is 5.91 Å². The number of benzene rings is 3. The molecule has 0 saturated heterocycles. The maximum absolute atomic E-state index is 12.4. The molecule has 0 heterocycles. The van der Waals surface area contributed by atoms with Gasteiger partial charge in [-0.15, -0.1) is 0 Å². The van der Waals surface area contributed by atoms with E-state index in [0.717, 1.165) is 16.7 Å². The molecular weight excluding hydrogens is 404 g/mol. The molecule has 0 aliphatic rings. The lowest BCUT2D eigenvalue weighted by molar-refractivity contribution is -0.131. The lowest BCUT2D eigenvalue weighted by atomic mass is 10.1. The number of anilines is 1. The fourth-order valence-corrected chi connectivity index (χ4v) is 3.04. The number of amides is 2. The minimum Gasteiger partial charge on any atom is -0.427 e. The second-order valence-electron chi connectivity index (χ2n) is 7.24. The summed E-state index contributed by atoms with van der Waals surface area (Å²) in [5, 5.41) is 5.65. The summed E-state index contributed by atoms with van der Waals surface area (Å²) in [4.78, 5) is 35.8. The van der Waals surface area contributed by atoms with Gasteiger partial charge in [-0.25, -0.2) is 0 Å². The predicted octanol–water partition coefficient (Wildman–Crippen LogP) is 4.50. The average Bonchev–Trinajstić information content (AvgIpc) is 2.76. The summed E-state index contributed by atoms with van der Waals surface area (Å²) in [6.07, 6.45) is 3.25. The van der Waals surface area contributed by atoms with Crippen LogP contribution in [0.2, 0.25) is 0 Å². The first kappa shape index (κ1) is 22.5. The van der Waals surface area contributed by atoms with Crippen LogP contribution in [0.15, 0.2) is 78.9 Å². The highest BCUT2D eigenvalue weighted by Crippen LogP contribution is 2.15. The summed E-state index contributed by atoms with van der Waals surface area (Å²) >= 11 is 0. The van der Waals surface area contributed by atoms with Crippen molar-refractivity contribution in [1.82, 2.24) is 5.32 Å². The highest BCUT2D eigenvalue weighted by molar-refractivity contribution is 6.02. The van der Waals surface area contributed by atoms with Gasteiger partial charge in [-0.05, 0) is 54.5 Å². The molecule has 32 heavy (non-hydrogen) atoms. The van der Waals surface area contributed by atoms with Crippen molar-refractivity contribution in [2.45, 2.75) is 20.4 Å². The molecule has 3 aromatic carbocycles. The van der Waals surface area contributed by atoms with Gasteiger partial charge in [-0.2, -0.15) is 0 Å². The molecule has 6 nitrogen and oxygen atoms in total. The number of hydrogen-bond acceptors (Lipinski definition) is 4. The van der Waals surface area contributed by atoms with Crippen molar-refractivity contribution in [3.8, 4) is 5.75 Å². The van der Waals surface area contributed by atoms with Gasteiger partial charge in [0, 0.05) is 30.8 Å². The number of rotatable bonds is 7. The largest absolute Gasteiger partial charge is 0.427 e. The van der Waals surface area contributed by atoms with Crippen LogP contribution >= 0.6 is 0 Å². The molecule has 0 radical (unpaired) electrons. The predicted molar refractivity (Wildman–Crippen MR) is 124 cm³/mol. The van der Waals surface area contributed by atoms with Crippen LogP contribution in [0.5, 0.6) is 5.75 Å². The zero-order valence-corrected chi connectivity index (χ0v) is 17.9. The van der Waals surface area contributed by atoms with Crippen LogP contribution in [0.25, 0.3) is 6.08 Å². The number of carbonyl (C=O) groups is 3. The van der Waals surface area contributed by atoms with Crippen LogP contribution in [0.1, 0.15) is 34.0 Å². The first-order valence-corrected chi connectivity index (χ1v) is 10.1. The minimum atomic E-state index is -0.449. The van der Waals surface area contributed by atoms with E-state index in [2.05, 4.69) is 10.6 Å². The van der Waals surface area contributed by atoms with E-state index >= 15 is 0 Å². The molecule has 2 N–H and O–H groups in total. The number of esters is 1. The van der Waals surface area contributed by atoms with Gasteiger partial charge in [0.1, 0.15) is 5.75 Å².